The molecule has 3 rings (SSSR count). The molecule has 7 nitrogen and oxygen atoms in total. The Morgan fingerprint density at radius 1 is 1.23 bits per heavy atom. The number of guanidine groups is 1. The molecule has 30 heavy (non-hydrogen) atoms. The normalized spacial score (nSPS) is 13.3. The van der Waals surface area contributed by atoms with Crippen LogP contribution < -0.4 is 15.4 Å². The lowest BCUT2D eigenvalue weighted by Gasteiger charge is -2.24. The van der Waals surface area contributed by atoms with Gasteiger partial charge in [-0.2, -0.15) is 16.4 Å². The number of rotatable bonds is 8. The average molecular weight is 541 g/mol. The second-order valence-electron chi connectivity index (χ2n) is 6.78. The third kappa shape index (κ3) is 6.44. The summed E-state index contributed by atoms with van der Waals surface area (Å²) < 4.78 is 7.00. The van der Waals surface area contributed by atoms with E-state index in [1.165, 1.54) is 0 Å². The number of nitrogens with zero attached hydrogens (tertiary/aromatic N) is 3. The molecule has 3 aromatic rings. The number of thiophene rings is 1. The number of nitrogens with one attached hydrogen (secondary N) is 2. The minimum atomic E-state index is -0.966. The van der Waals surface area contributed by atoms with E-state index in [1.807, 2.05) is 65.0 Å². The zero-order valence-corrected chi connectivity index (χ0v) is 20.5. The van der Waals surface area contributed by atoms with Crippen molar-refractivity contribution in [3.8, 4) is 11.4 Å². The molecular formula is C21H28IN5O2S. The van der Waals surface area contributed by atoms with Crippen LogP contribution in [0.1, 0.15) is 25.1 Å². The van der Waals surface area contributed by atoms with Gasteiger partial charge in [-0.15, -0.1) is 24.0 Å². The van der Waals surface area contributed by atoms with Gasteiger partial charge in [0.2, 0.25) is 0 Å². The summed E-state index contributed by atoms with van der Waals surface area (Å²) in [4.78, 5) is 4.59. The molecule has 1 unspecified atom stereocenters. The van der Waals surface area contributed by atoms with Crippen LogP contribution in [0.3, 0.4) is 0 Å². The largest absolute Gasteiger partial charge is 0.497 e. The number of hydrogen-bond donors (Lipinski definition) is 3. The highest BCUT2D eigenvalue weighted by atomic mass is 127. The number of aromatic nitrogens is 2. The van der Waals surface area contributed by atoms with Crippen LogP contribution in [0.4, 0.5) is 0 Å². The molecule has 0 bridgehead atoms. The Balaban J connectivity index is 0.00000320. The topological polar surface area (TPSA) is 83.7 Å². The maximum atomic E-state index is 10.7. The summed E-state index contributed by atoms with van der Waals surface area (Å²) in [7, 11) is 1.65. The van der Waals surface area contributed by atoms with Gasteiger partial charge in [-0.3, -0.25) is 0 Å². The summed E-state index contributed by atoms with van der Waals surface area (Å²) >= 11 is 1.57. The summed E-state index contributed by atoms with van der Waals surface area (Å²) in [6.45, 7) is 5.32. The maximum absolute atomic E-state index is 10.7. The zero-order valence-electron chi connectivity index (χ0n) is 17.3. The fourth-order valence-electron chi connectivity index (χ4n) is 2.76. The lowest BCUT2D eigenvalue weighted by molar-refractivity contribution is 0.0621. The minimum Gasteiger partial charge on any atom is -0.497 e. The molecule has 1 aromatic carbocycles. The molecule has 0 aliphatic rings. The minimum absolute atomic E-state index is 0. The lowest BCUT2D eigenvalue weighted by atomic mass is 9.99. The van der Waals surface area contributed by atoms with E-state index in [2.05, 4.69) is 20.7 Å². The third-order valence-corrected chi connectivity index (χ3v) is 5.15. The summed E-state index contributed by atoms with van der Waals surface area (Å²) in [5.74, 6) is 1.45. The molecule has 0 fully saturated rings. The maximum Gasteiger partial charge on any atom is 0.191 e. The summed E-state index contributed by atoms with van der Waals surface area (Å²) in [6.07, 6.45) is 1.91. The molecule has 0 aliphatic carbocycles. The number of aliphatic hydroxyl groups is 1. The molecule has 3 N–H and O–H groups in total. The Bertz CT molecular complexity index is 923. The van der Waals surface area contributed by atoms with Crippen molar-refractivity contribution in [1.29, 1.82) is 0 Å². The zero-order chi connectivity index (χ0) is 20.7. The van der Waals surface area contributed by atoms with Gasteiger partial charge in [-0.05, 0) is 66.6 Å². The Morgan fingerprint density at radius 2 is 2.00 bits per heavy atom. The predicted octanol–water partition coefficient (Wildman–Crippen LogP) is 3.52. The molecule has 0 saturated heterocycles. The highest BCUT2D eigenvalue weighted by Crippen LogP contribution is 2.22. The van der Waals surface area contributed by atoms with Gasteiger partial charge in [-0.25, -0.2) is 9.67 Å². The standard InChI is InChI=1S/C21H27N5O2S.HI/c1-4-22-20(24-15-21(2,27)16-10-12-29-14-16)23-13-17-9-11-26(25-17)18-5-7-19(28-3)8-6-18;/h5-12,14,27H,4,13,15H2,1-3H3,(H2,22,23,24);1H. The van der Waals surface area contributed by atoms with Gasteiger partial charge in [-0.1, -0.05) is 0 Å². The van der Waals surface area contributed by atoms with E-state index in [9.17, 15) is 5.11 Å². The molecule has 0 aliphatic heterocycles. The fourth-order valence-corrected chi connectivity index (χ4v) is 3.54. The Morgan fingerprint density at radius 3 is 2.63 bits per heavy atom. The first-order valence-corrected chi connectivity index (χ1v) is 10.4. The Labute approximate surface area is 198 Å². The number of benzene rings is 1. The van der Waals surface area contributed by atoms with Gasteiger partial charge < -0.3 is 20.5 Å². The van der Waals surface area contributed by atoms with Crippen molar-refractivity contribution in [2.24, 2.45) is 4.99 Å². The first-order valence-electron chi connectivity index (χ1n) is 9.48. The Hall–Kier alpha value is -2.11. The molecule has 2 aromatic heterocycles. The molecular weight excluding hydrogens is 513 g/mol. The van der Waals surface area contributed by atoms with E-state index in [-0.39, 0.29) is 24.0 Å². The number of ether oxygens (including phenoxy) is 1. The van der Waals surface area contributed by atoms with Crippen LogP contribution in [0.5, 0.6) is 5.75 Å². The van der Waals surface area contributed by atoms with Gasteiger partial charge in [0.1, 0.15) is 11.4 Å². The van der Waals surface area contributed by atoms with Gasteiger partial charge in [0.15, 0.2) is 5.96 Å². The fraction of sp³-hybridized carbons (Fsp3) is 0.333. The summed E-state index contributed by atoms with van der Waals surface area (Å²) in [6, 6.07) is 11.6. The first kappa shape index (κ1) is 24.2. The van der Waals surface area contributed by atoms with Gasteiger partial charge in [0.25, 0.3) is 0 Å². The number of aliphatic imine (C=N–C) groups is 1. The Kier molecular flexibility index (Phi) is 9.12. The lowest BCUT2D eigenvalue weighted by Crippen LogP contribution is -2.44. The van der Waals surface area contributed by atoms with E-state index in [0.717, 1.165) is 29.2 Å². The van der Waals surface area contributed by atoms with Crippen molar-refractivity contribution < 1.29 is 9.84 Å². The van der Waals surface area contributed by atoms with Crippen molar-refractivity contribution in [2.45, 2.75) is 26.0 Å². The second-order valence-corrected chi connectivity index (χ2v) is 7.56. The SMILES string of the molecule is CCNC(=NCc1ccn(-c2ccc(OC)cc2)n1)NCC(C)(O)c1ccsc1.I. The van der Waals surface area contributed by atoms with Gasteiger partial charge in [0.05, 0.1) is 31.6 Å². The van der Waals surface area contributed by atoms with Crippen LogP contribution in [-0.4, -0.2) is 41.0 Å². The molecule has 2 heterocycles. The smallest absolute Gasteiger partial charge is 0.191 e. The first-order chi connectivity index (χ1) is 14.0. The molecule has 1 atom stereocenters. The van der Waals surface area contributed by atoms with E-state index in [4.69, 9.17) is 4.74 Å². The van der Waals surface area contributed by atoms with Crippen molar-refractivity contribution in [1.82, 2.24) is 20.4 Å². The molecule has 0 amide bonds. The molecule has 162 valence electrons. The highest BCUT2D eigenvalue weighted by molar-refractivity contribution is 14.0. The van der Waals surface area contributed by atoms with E-state index in [1.54, 1.807) is 25.4 Å². The predicted molar refractivity (Wildman–Crippen MR) is 132 cm³/mol. The third-order valence-electron chi connectivity index (χ3n) is 4.47. The van der Waals surface area contributed by atoms with Crippen LogP contribution in [0, 0.1) is 0 Å². The van der Waals surface area contributed by atoms with Crippen molar-refractivity contribution in [3.63, 3.8) is 0 Å². The van der Waals surface area contributed by atoms with Crippen LogP contribution >= 0.6 is 35.3 Å². The molecule has 0 saturated carbocycles. The van der Waals surface area contributed by atoms with E-state index < -0.39 is 5.60 Å². The van der Waals surface area contributed by atoms with Crippen LogP contribution in [0.2, 0.25) is 0 Å². The number of halogens is 1. The molecule has 0 radical (unpaired) electrons. The van der Waals surface area contributed by atoms with Gasteiger partial charge in [0, 0.05) is 12.7 Å². The van der Waals surface area contributed by atoms with Crippen LogP contribution in [0.15, 0.2) is 58.3 Å². The monoisotopic (exact) mass is 541 g/mol. The number of hydrogen-bond acceptors (Lipinski definition) is 5. The second kappa shape index (κ2) is 11.3. The van der Waals surface area contributed by atoms with E-state index >= 15 is 0 Å². The van der Waals surface area contributed by atoms with Crippen molar-refractivity contribution >= 4 is 41.3 Å². The van der Waals surface area contributed by atoms with Crippen molar-refractivity contribution in [2.75, 3.05) is 20.2 Å². The summed E-state index contributed by atoms with van der Waals surface area (Å²) in [5.41, 5.74) is 1.73. The van der Waals surface area contributed by atoms with Crippen molar-refractivity contribution in [3.05, 3.63) is 64.6 Å². The average Bonchev–Trinajstić information content (AvgIpc) is 3.43. The molecule has 9 heteroatoms. The quantitative estimate of drug-likeness (QED) is 0.231. The number of methoxy groups -OCH3 is 1. The van der Waals surface area contributed by atoms with E-state index in [0.29, 0.717) is 19.0 Å². The van der Waals surface area contributed by atoms with Gasteiger partial charge >= 0.3 is 0 Å². The highest BCUT2D eigenvalue weighted by Gasteiger charge is 2.23. The molecule has 0 spiro atoms. The van der Waals surface area contributed by atoms with Crippen LogP contribution in [0.25, 0.3) is 5.69 Å². The van der Waals surface area contributed by atoms with Crippen LogP contribution in [-0.2, 0) is 12.1 Å². The summed E-state index contributed by atoms with van der Waals surface area (Å²) in [5, 5.41) is 25.6.